The zero-order valence-electron chi connectivity index (χ0n) is 18.6. The SMILES string of the molecule is CC1CCCCN1C(=O)CN1CCN(C(=O)CCc2ncc(-c3ccc(F)cc3)o2)CC1. The molecule has 32 heavy (non-hydrogen) atoms. The van der Waals surface area contributed by atoms with Gasteiger partial charge in [0, 0.05) is 57.2 Å². The topological polar surface area (TPSA) is 69.9 Å². The third-order valence-corrected chi connectivity index (χ3v) is 6.44. The molecule has 0 radical (unpaired) electrons. The molecule has 1 atom stereocenters. The number of hydrogen-bond acceptors (Lipinski definition) is 5. The van der Waals surface area contributed by atoms with Crippen molar-refractivity contribution in [1.82, 2.24) is 19.7 Å². The lowest BCUT2D eigenvalue weighted by atomic mass is 10.0. The molecule has 2 amide bonds. The first-order valence-corrected chi connectivity index (χ1v) is 11.5. The van der Waals surface area contributed by atoms with Crippen molar-refractivity contribution in [1.29, 1.82) is 0 Å². The van der Waals surface area contributed by atoms with E-state index in [0.717, 1.165) is 24.9 Å². The summed E-state index contributed by atoms with van der Waals surface area (Å²) in [5.41, 5.74) is 0.751. The second kappa shape index (κ2) is 10.3. The average molecular weight is 443 g/mol. The van der Waals surface area contributed by atoms with Gasteiger partial charge in [0.25, 0.3) is 0 Å². The van der Waals surface area contributed by atoms with Gasteiger partial charge < -0.3 is 14.2 Å². The summed E-state index contributed by atoms with van der Waals surface area (Å²) in [6.07, 6.45) is 5.73. The summed E-state index contributed by atoms with van der Waals surface area (Å²) in [5.74, 6) is 1.04. The van der Waals surface area contributed by atoms with Crippen LogP contribution in [-0.4, -0.2) is 76.8 Å². The van der Waals surface area contributed by atoms with E-state index in [1.165, 1.54) is 18.6 Å². The van der Waals surface area contributed by atoms with Crippen LogP contribution in [0.5, 0.6) is 0 Å². The predicted octanol–water partition coefficient (Wildman–Crippen LogP) is 2.96. The fourth-order valence-corrected chi connectivity index (χ4v) is 4.45. The number of likely N-dealkylation sites (tertiary alicyclic amines) is 1. The number of piperidine rings is 1. The van der Waals surface area contributed by atoms with Gasteiger partial charge in [-0.1, -0.05) is 0 Å². The van der Waals surface area contributed by atoms with E-state index < -0.39 is 0 Å². The van der Waals surface area contributed by atoms with Gasteiger partial charge in [-0.25, -0.2) is 9.37 Å². The van der Waals surface area contributed by atoms with Gasteiger partial charge in [0.1, 0.15) is 5.82 Å². The maximum atomic E-state index is 13.1. The zero-order chi connectivity index (χ0) is 22.5. The molecule has 4 rings (SSSR count). The first-order valence-electron chi connectivity index (χ1n) is 11.5. The smallest absolute Gasteiger partial charge is 0.236 e. The molecule has 2 aromatic rings. The van der Waals surface area contributed by atoms with Crippen LogP contribution in [0, 0.1) is 5.82 Å². The molecule has 8 heteroatoms. The summed E-state index contributed by atoms with van der Waals surface area (Å²) in [6, 6.07) is 6.36. The van der Waals surface area contributed by atoms with E-state index in [0.29, 0.717) is 63.3 Å². The summed E-state index contributed by atoms with van der Waals surface area (Å²) in [4.78, 5) is 35.5. The summed E-state index contributed by atoms with van der Waals surface area (Å²) < 4.78 is 18.8. The van der Waals surface area contributed by atoms with E-state index >= 15 is 0 Å². The lowest BCUT2D eigenvalue weighted by molar-refractivity contribution is -0.137. The lowest BCUT2D eigenvalue weighted by Gasteiger charge is -2.38. The average Bonchev–Trinajstić information content (AvgIpc) is 3.28. The van der Waals surface area contributed by atoms with Crippen molar-refractivity contribution < 1.29 is 18.4 Å². The number of benzene rings is 1. The fraction of sp³-hybridized carbons (Fsp3) is 0.542. The Labute approximate surface area is 188 Å². The highest BCUT2D eigenvalue weighted by atomic mass is 19.1. The van der Waals surface area contributed by atoms with E-state index in [4.69, 9.17) is 4.42 Å². The number of carbonyl (C=O) groups is 2. The Morgan fingerprint density at radius 3 is 2.53 bits per heavy atom. The molecule has 1 unspecified atom stereocenters. The maximum Gasteiger partial charge on any atom is 0.236 e. The Morgan fingerprint density at radius 2 is 1.81 bits per heavy atom. The Hall–Kier alpha value is -2.74. The van der Waals surface area contributed by atoms with E-state index in [1.807, 2.05) is 9.80 Å². The fourth-order valence-electron chi connectivity index (χ4n) is 4.45. The van der Waals surface area contributed by atoms with Crippen molar-refractivity contribution in [3.63, 3.8) is 0 Å². The van der Waals surface area contributed by atoms with Gasteiger partial charge in [0.05, 0.1) is 12.7 Å². The van der Waals surface area contributed by atoms with Gasteiger partial charge in [0.2, 0.25) is 11.8 Å². The van der Waals surface area contributed by atoms with Crippen molar-refractivity contribution in [2.75, 3.05) is 39.3 Å². The summed E-state index contributed by atoms with van der Waals surface area (Å²) in [6.45, 7) is 6.13. The largest absolute Gasteiger partial charge is 0.441 e. The Bertz CT molecular complexity index is 922. The van der Waals surface area contributed by atoms with Crippen LogP contribution in [0.2, 0.25) is 0 Å². The van der Waals surface area contributed by atoms with Crippen molar-refractivity contribution in [2.24, 2.45) is 0 Å². The molecule has 0 spiro atoms. The first kappa shape index (κ1) is 22.5. The predicted molar refractivity (Wildman–Crippen MR) is 118 cm³/mol. The van der Waals surface area contributed by atoms with Crippen LogP contribution in [0.3, 0.4) is 0 Å². The molecule has 0 bridgehead atoms. The van der Waals surface area contributed by atoms with Crippen molar-refractivity contribution in [2.45, 2.75) is 45.1 Å². The van der Waals surface area contributed by atoms with E-state index in [-0.39, 0.29) is 17.6 Å². The van der Waals surface area contributed by atoms with Crippen LogP contribution in [0.25, 0.3) is 11.3 Å². The van der Waals surface area contributed by atoms with Gasteiger partial charge in [-0.2, -0.15) is 0 Å². The highest BCUT2D eigenvalue weighted by molar-refractivity contribution is 5.79. The Balaban J connectivity index is 1.20. The first-order chi connectivity index (χ1) is 15.5. The second-order valence-corrected chi connectivity index (χ2v) is 8.71. The van der Waals surface area contributed by atoms with Gasteiger partial charge >= 0.3 is 0 Å². The molecule has 0 saturated carbocycles. The zero-order valence-corrected chi connectivity index (χ0v) is 18.6. The highest BCUT2D eigenvalue weighted by Crippen LogP contribution is 2.21. The normalized spacial score (nSPS) is 19.9. The molecule has 1 aromatic heterocycles. The quantitative estimate of drug-likeness (QED) is 0.688. The highest BCUT2D eigenvalue weighted by Gasteiger charge is 2.27. The number of nitrogens with zero attached hydrogens (tertiary/aromatic N) is 4. The number of aryl methyl sites for hydroxylation is 1. The third kappa shape index (κ3) is 5.54. The molecular formula is C24H31FN4O3. The van der Waals surface area contributed by atoms with E-state index in [1.54, 1.807) is 18.3 Å². The lowest BCUT2D eigenvalue weighted by Crippen LogP contribution is -2.53. The van der Waals surface area contributed by atoms with Crippen LogP contribution >= 0.6 is 0 Å². The van der Waals surface area contributed by atoms with Crippen molar-refractivity contribution in [3.05, 3.63) is 42.2 Å². The molecule has 0 N–H and O–H groups in total. The molecule has 3 heterocycles. The molecule has 2 fully saturated rings. The molecule has 1 aromatic carbocycles. The minimum absolute atomic E-state index is 0.0714. The molecule has 7 nitrogen and oxygen atoms in total. The van der Waals surface area contributed by atoms with E-state index in [9.17, 15) is 14.0 Å². The number of aromatic nitrogens is 1. The number of hydrogen-bond donors (Lipinski definition) is 0. The standard InChI is InChI=1S/C24H31FN4O3/c1-18-4-2-3-11-29(18)24(31)17-27-12-14-28(15-13-27)23(30)10-9-22-26-16-21(32-22)19-5-7-20(25)8-6-19/h5-8,16,18H,2-4,9-15,17H2,1H3. The van der Waals surface area contributed by atoms with Gasteiger partial charge in [-0.05, 0) is 50.5 Å². The van der Waals surface area contributed by atoms with Crippen LogP contribution in [-0.2, 0) is 16.0 Å². The van der Waals surface area contributed by atoms with Crippen LogP contribution in [0.15, 0.2) is 34.9 Å². The monoisotopic (exact) mass is 442 g/mol. The van der Waals surface area contributed by atoms with Gasteiger partial charge in [-0.3, -0.25) is 14.5 Å². The molecular weight excluding hydrogens is 411 g/mol. The van der Waals surface area contributed by atoms with Crippen LogP contribution in [0.1, 0.15) is 38.5 Å². The number of oxazole rings is 1. The summed E-state index contributed by atoms with van der Waals surface area (Å²) in [7, 11) is 0. The Kier molecular flexibility index (Phi) is 7.19. The number of piperazine rings is 1. The number of amides is 2. The Morgan fingerprint density at radius 1 is 1.06 bits per heavy atom. The minimum atomic E-state index is -0.301. The van der Waals surface area contributed by atoms with Gasteiger partial charge in [0.15, 0.2) is 11.7 Å². The molecule has 172 valence electrons. The van der Waals surface area contributed by atoms with Gasteiger partial charge in [-0.15, -0.1) is 0 Å². The summed E-state index contributed by atoms with van der Waals surface area (Å²) >= 11 is 0. The molecule has 2 saturated heterocycles. The molecule has 2 aliphatic rings. The minimum Gasteiger partial charge on any atom is -0.441 e. The summed E-state index contributed by atoms with van der Waals surface area (Å²) in [5, 5.41) is 0. The van der Waals surface area contributed by atoms with Crippen LogP contribution < -0.4 is 0 Å². The second-order valence-electron chi connectivity index (χ2n) is 8.71. The number of halogens is 1. The third-order valence-electron chi connectivity index (χ3n) is 6.44. The van der Waals surface area contributed by atoms with Crippen LogP contribution in [0.4, 0.5) is 4.39 Å². The van der Waals surface area contributed by atoms with E-state index in [2.05, 4.69) is 16.8 Å². The van der Waals surface area contributed by atoms with Crippen molar-refractivity contribution >= 4 is 11.8 Å². The molecule has 2 aliphatic heterocycles. The molecule has 0 aliphatic carbocycles. The van der Waals surface area contributed by atoms with Crippen molar-refractivity contribution in [3.8, 4) is 11.3 Å². The maximum absolute atomic E-state index is 13.1. The number of carbonyl (C=O) groups excluding carboxylic acids is 2. The number of rotatable bonds is 6.